The van der Waals surface area contributed by atoms with E-state index < -0.39 is 0 Å². The van der Waals surface area contributed by atoms with Gasteiger partial charge >= 0.3 is 0 Å². The Labute approximate surface area is 309 Å². The average Bonchev–Trinajstić information content (AvgIpc) is 3.68. The number of nitrogens with zero attached hydrogens (tertiary/aromatic N) is 5. The third-order valence-electron chi connectivity index (χ3n) is 9.71. The minimum atomic E-state index is -0.0801. The molecule has 8 rings (SSSR count). The van der Waals surface area contributed by atoms with Gasteiger partial charge < -0.3 is 20.7 Å². The van der Waals surface area contributed by atoms with Gasteiger partial charge in [-0.1, -0.05) is 59.6 Å². The fraction of sp³-hybridized carbons (Fsp3) is 0.324. The highest BCUT2D eigenvalue weighted by molar-refractivity contribution is 7.18. The van der Waals surface area contributed by atoms with Crippen molar-refractivity contribution >= 4 is 68.1 Å². The van der Waals surface area contributed by atoms with Crippen LogP contribution < -0.4 is 20.7 Å². The van der Waals surface area contributed by atoms with E-state index >= 15 is 0 Å². The lowest BCUT2D eigenvalue weighted by molar-refractivity contribution is -0.121. The number of amides is 2. The number of carbonyl (C=O) groups is 2. The number of likely N-dealkylation sites (tertiary alicyclic amines) is 2. The van der Waals surface area contributed by atoms with Gasteiger partial charge in [0, 0.05) is 74.5 Å². The molecule has 0 radical (unpaired) electrons. The van der Waals surface area contributed by atoms with Gasteiger partial charge in [-0.15, -0.1) is 11.3 Å². The minimum absolute atomic E-state index is 0.00306. The molecule has 0 saturated carbocycles. The lowest BCUT2D eigenvalue weighted by Crippen LogP contribution is -2.66. The van der Waals surface area contributed by atoms with Crippen molar-refractivity contribution in [2.75, 3.05) is 38.6 Å². The summed E-state index contributed by atoms with van der Waals surface area (Å²) in [6, 6.07) is 17.8. The topological polar surface area (TPSA) is 125 Å². The Morgan fingerprint density at radius 1 is 1.00 bits per heavy atom. The molecule has 14 heteroatoms. The van der Waals surface area contributed by atoms with Gasteiger partial charge in [-0.3, -0.25) is 19.4 Å². The summed E-state index contributed by atoms with van der Waals surface area (Å²) in [6.07, 6.45) is 3.25. The summed E-state index contributed by atoms with van der Waals surface area (Å²) in [7, 11) is 1.62. The number of nitrogens with one attached hydrogen (secondary N) is 3. The van der Waals surface area contributed by atoms with Crippen molar-refractivity contribution in [2.24, 2.45) is 0 Å². The molecule has 0 unspecified atom stereocenters. The van der Waals surface area contributed by atoms with Crippen LogP contribution in [0.5, 0.6) is 5.88 Å². The van der Waals surface area contributed by atoms with Crippen LogP contribution in [0.1, 0.15) is 30.3 Å². The summed E-state index contributed by atoms with van der Waals surface area (Å²) >= 11 is 15.8. The SMILES string of the molecule is COc1nc(-c2cccc(-c3cccc(Nc4nccc5sc(CN6CC(NC(C)=O)C6)nc45)c3Cl)c2Cl)ccc1CN1CC2(CCC(=O)N2)C1. The van der Waals surface area contributed by atoms with Crippen molar-refractivity contribution in [3.8, 4) is 28.3 Å². The highest BCUT2D eigenvalue weighted by Gasteiger charge is 2.47. The fourth-order valence-corrected chi connectivity index (χ4v) is 8.93. The molecule has 3 saturated heterocycles. The van der Waals surface area contributed by atoms with E-state index in [4.69, 9.17) is 37.9 Å². The third-order valence-corrected chi connectivity index (χ3v) is 11.5. The molecule has 51 heavy (non-hydrogen) atoms. The first-order valence-electron chi connectivity index (χ1n) is 16.8. The van der Waals surface area contributed by atoms with Crippen LogP contribution in [0.25, 0.3) is 32.6 Å². The molecule has 2 aromatic carbocycles. The maximum Gasteiger partial charge on any atom is 0.220 e. The second kappa shape index (κ2) is 13.7. The first-order chi connectivity index (χ1) is 24.7. The van der Waals surface area contributed by atoms with Crippen molar-refractivity contribution in [1.29, 1.82) is 0 Å². The molecule has 0 bridgehead atoms. The second-order valence-corrected chi connectivity index (χ2v) is 15.4. The first-order valence-corrected chi connectivity index (χ1v) is 18.4. The van der Waals surface area contributed by atoms with E-state index in [0.29, 0.717) is 52.6 Å². The first kappa shape index (κ1) is 33.8. The number of anilines is 2. The number of carbonyl (C=O) groups excluding carboxylic acids is 2. The molecule has 0 aliphatic carbocycles. The van der Waals surface area contributed by atoms with E-state index in [-0.39, 0.29) is 23.4 Å². The second-order valence-electron chi connectivity index (χ2n) is 13.5. The smallest absolute Gasteiger partial charge is 0.220 e. The molecule has 11 nitrogen and oxygen atoms in total. The van der Waals surface area contributed by atoms with E-state index in [0.717, 1.165) is 70.1 Å². The number of ether oxygens (including phenoxy) is 1. The number of pyridine rings is 2. The molecule has 3 fully saturated rings. The average molecular weight is 744 g/mol. The zero-order valence-electron chi connectivity index (χ0n) is 28.1. The van der Waals surface area contributed by atoms with Crippen LogP contribution in [0.15, 0.2) is 60.8 Å². The van der Waals surface area contributed by atoms with Crippen molar-refractivity contribution in [2.45, 2.75) is 44.4 Å². The van der Waals surface area contributed by atoms with Gasteiger partial charge in [0.2, 0.25) is 17.7 Å². The normalized spacial score (nSPS) is 17.3. The molecular formula is C37H36Cl2N8O3S. The molecule has 3 aromatic heterocycles. The van der Waals surface area contributed by atoms with Crippen LogP contribution in [0.2, 0.25) is 10.0 Å². The van der Waals surface area contributed by atoms with Gasteiger partial charge in [0.1, 0.15) is 10.5 Å². The quantitative estimate of drug-likeness (QED) is 0.152. The van der Waals surface area contributed by atoms with Gasteiger partial charge in [0.25, 0.3) is 0 Å². The van der Waals surface area contributed by atoms with Crippen molar-refractivity contribution in [3.63, 3.8) is 0 Å². The zero-order valence-corrected chi connectivity index (χ0v) is 30.5. The maximum absolute atomic E-state index is 11.8. The predicted molar refractivity (Wildman–Crippen MR) is 201 cm³/mol. The molecule has 262 valence electrons. The molecule has 6 heterocycles. The molecular weight excluding hydrogens is 707 g/mol. The maximum atomic E-state index is 11.8. The van der Waals surface area contributed by atoms with E-state index in [1.54, 1.807) is 31.6 Å². The van der Waals surface area contributed by atoms with Crippen LogP contribution in [0.4, 0.5) is 11.5 Å². The summed E-state index contributed by atoms with van der Waals surface area (Å²) in [6.45, 7) is 6.20. The third kappa shape index (κ3) is 6.74. The lowest BCUT2D eigenvalue weighted by Gasteiger charge is -2.48. The Kier molecular flexibility index (Phi) is 9.05. The Morgan fingerprint density at radius 2 is 1.76 bits per heavy atom. The van der Waals surface area contributed by atoms with Crippen molar-refractivity contribution in [3.05, 3.63) is 81.4 Å². The van der Waals surface area contributed by atoms with Gasteiger partial charge in [0.05, 0.1) is 51.4 Å². The van der Waals surface area contributed by atoms with Crippen molar-refractivity contribution < 1.29 is 14.3 Å². The van der Waals surface area contributed by atoms with E-state index in [2.05, 4.69) is 30.7 Å². The molecule has 3 N–H and O–H groups in total. The van der Waals surface area contributed by atoms with Gasteiger partial charge in [-0.05, 0) is 24.6 Å². The van der Waals surface area contributed by atoms with Crippen LogP contribution in [0.3, 0.4) is 0 Å². The zero-order chi connectivity index (χ0) is 35.3. The van der Waals surface area contributed by atoms with E-state index in [9.17, 15) is 9.59 Å². The molecule has 5 aromatic rings. The largest absolute Gasteiger partial charge is 0.481 e. The number of aromatic nitrogens is 3. The molecule has 3 aliphatic heterocycles. The monoisotopic (exact) mass is 742 g/mol. The number of benzene rings is 2. The fourth-order valence-electron chi connectivity index (χ4n) is 7.32. The number of rotatable bonds is 10. The molecule has 1 spiro atoms. The lowest BCUT2D eigenvalue weighted by atomic mass is 9.88. The molecule has 0 atom stereocenters. The van der Waals surface area contributed by atoms with Crippen molar-refractivity contribution in [1.82, 2.24) is 35.4 Å². The van der Waals surface area contributed by atoms with E-state index in [1.807, 2.05) is 54.6 Å². The number of thiazole rings is 1. The highest BCUT2D eigenvalue weighted by Crippen LogP contribution is 2.43. The van der Waals surface area contributed by atoms with Gasteiger partial charge in [-0.2, -0.15) is 0 Å². The Bertz CT molecular complexity index is 2170. The number of hydrogen-bond acceptors (Lipinski definition) is 10. The Hall–Kier alpha value is -4.33. The van der Waals surface area contributed by atoms with Crippen LogP contribution in [0, 0.1) is 0 Å². The molecule has 3 aliphatic rings. The van der Waals surface area contributed by atoms with Crippen LogP contribution in [-0.4, -0.2) is 81.4 Å². The number of fused-ring (bicyclic) bond motifs is 1. The number of hydrogen-bond donors (Lipinski definition) is 3. The number of methoxy groups -OCH3 is 1. The summed E-state index contributed by atoms with van der Waals surface area (Å²) in [5.41, 5.74) is 5.34. The predicted octanol–water partition coefficient (Wildman–Crippen LogP) is 6.26. The van der Waals surface area contributed by atoms with Crippen LogP contribution >= 0.6 is 34.5 Å². The Balaban J connectivity index is 1.00. The van der Waals surface area contributed by atoms with E-state index in [1.165, 1.54) is 0 Å². The van der Waals surface area contributed by atoms with Gasteiger partial charge in [-0.25, -0.2) is 15.0 Å². The minimum Gasteiger partial charge on any atom is -0.481 e. The van der Waals surface area contributed by atoms with Crippen LogP contribution in [-0.2, 0) is 22.7 Å². The summed E-state index contributed by atoms with van der Waals surface area (Å²) < 4.78 is 6.75. The molecule has 2 amide bonds. The summed E-state index contributed by atoms with van der Waals surface area (Å²) in [4.78, 5) is 42.0. The standard InChI is InChI=1S/C37H36Cl2N8O3S/c1-21(48)41-23-16-46(17-23)18-31-44-34-29(51-31)12-14-40-35(34)42-28-8-4-6-25(33(28)39)24-5-3-7-26(32(24)38)27-10-9-22(36(43-27)50-2)15-47-19-37(20-47)13-11-30(49)45-37/h3-10,12,14,23H,11,13,15-20H2,1-2H3,(H,40,42)(H,41,48)(H,45,49). The van der Waals surface area contributed by atoms with Gasteiger partial charge in [0.15, 0.2) is 5.82 Å². The summed E-state index contributed by atoms with van der Waals surface area (Å²) in [5, 5.41) is 11.5. The highest BCUT2D eigenvalue weighted by atomic mass is 35.5. The summed E-state index contributed by atoms with van der Waals surface area (Å²) in [5.74, 6) is 1.29. The Morgan fingerprint density at radius 3 is 2.51 bits per heavy atom. The number of halogens is 2.